The highest BCUT2D eigenvalue weighted by molar-refractivity contribution is 5.29. The fraction of sp³-hybridized carbons (Fsp3) is 0.519. The number of nitrogens with zero attached hydrogens (tertiary/aromatic N) is 2. The molecule has 0 unspecified atom stereocenters. The van der Waals surface area contributed by atoms with Crippen LogP contribution in [0.2, 0.25) is 0 Å². The van der Waals surface area contributed by atoms with E-state index in [0.29, 0.717) is 18.3 Å². The summed E-state index contributed by atoms with van der Waals surface area (Å²) in [5.74, 6) is 0.863. The SMILES string of the molecule is Cc1ccc([C@@H]2C[C@H](CC#N)CCN2[C@H](CCC(C)C)c2ccc(C(F)(F)F)cc2)cc1. The maximum absolute atomic E-state index is 13.1. The number of halogens is 3. The fourth-order valence-electron chi connectivity index (χ4n) is 4.77. The Morgan fingerprint density at radius 1 is 1.03 bits per heavy atom. The number of likely N-dealkylation sites (tertiary alicyclic amines) is 1. The van der Waals surface area contributed by atoms with Gasteiger partial charge in [-0.15, -0.1) is 0 Å². The van der Waals surface area contributed by atoms with Gasteiger partial charge in [-0.3, -0.25) is 4.90 Å². The lowest BCUT2D eigenvalue weighted by molar-refractivity contribution is -0.137. The van der Waals surface area contributed by atoms with Crippen molar-refractivity contribution in [3.63, 3.8) is 0 Å². The van der Waals surface area contributed by atoms with E-state index in [1.165, 1.54) is 23.3 Å². The van der Waals surface area contributed by atoms with E-state index >= 15 is 0 Å². The second-order valence-corrected chi connectivity index (χ2v) is 9.52. The summed E-state index contributed by atoms with van der Waals surface area (Å²) in [6.45, 7) is 7.27. The van der Waals surface area contributed by atoms with Crippen LogP contribution in [0.25, 0.3) is 0 Å². The van der Waals surface area contributed by atoms with Crippen LogP contribution < -0.4 is 0 Å². The Morgan fingerprint density at radius 2 is 1.69 bits per heavy atom. The number of hydrogen-bond donors (Lipinski definition) is 0. The molecule has 0 amide bonds. The summed E-state index contributed by atoms with van der Waals surface area (Å²) in [4.78, 5) is 2.48. The zero-order valence-corrected chi connectivity index (χ0v) is 19.2. The van der Waals surface area contributed by atoms with Crippen LogP contribution in [-0.2, 0) is 6.18 Å². The normalized spacial score (nSPS) is 20.8. The van der Waals surface area contributed by atoms with E-state index < -0.39 is 11.7 Å². The summed E-state index contributed by atoms with van der Waals surface area (Å²) in [6.07, 6.45) is -0.0396. The zero-order valence-electron chi connectivity index (χ0n) is 19.2. The van der Waals surface area contributed by atoms with Crippen LogP contribution in [0.5, 0.6) is 0 Å². The number of aryl methyl sites for hydroxylation is 1. The number of hydrogen-bond acceptors (Lipinski definition) is 2. The highest BCUT2D eigenvalue weighted by Crippen LogP contribution is 2.43. The maximum Gasteiger partial charge on any atom is 0.416 e. The highest BCUT2D eigenvalue weighted by atomic mass is 19.4. The van der Waals surface area contributed by atoms with Crippen molar-refractivity contribution in [3.05, 3.63) is 70.8 Å². The van der Waals surface area contributed by atoms with Gasteiger partial charge in [0.25, 0.3) is 0 Å². The molecule has 0 aliphatic carbocycles. The van der Waals surface area contributed by atoms with Crippen LogP contribution in [-0.4, -0.2) is 11.4 Å². The third-order valence-electron chi connectivity index (χ3n) is 6.64. The third kappa shape index (κ3) is 6.13. The second-order valence-electron chi connectivity index (χ2n) is 9.52. The summed E-state index contributed by atoms with van der Waals surface area (Å²) >= 11 is 0. The summed E-state index contributed by atoms with van der Waals surface area (Å²) in [7, 11) is 0. The molecule has 0 radical (unpaired) electrons. The molecule has 32 heavy (non-hydrogen) atoms. The molecule has 5 heteroatoms. The largest absolute Gasteiger partial charge is 0.416 e. The summed E-state index contributed by atoms with van der Waals surface area (Å²) in [5, 5.41) is 9.25. The Balaban J connectivity index is 1.96. The summed E-state index contributed by atoms with van der Waals surface area (Å²) in [6, 6.07) is 16.8. The van der Waals surface area contributed by atoms with Gasteiger partial charge >= 0.3 is 6.18 Å². The minimum atomic E-state index is -4.33. The first kappa shape index (κ1) is 24.3. The molecule has 0 saturated carbocycles. The quantitative estimate of drug-likeness (QED) is 0.436. The Morgan fingerprint density at radius 3 is 2.25 bits per heavy atom. The molecule has 1 saturated heterocycles. The Bertz CT molecular complexity index is 894. The van der Waals surface area contributed by atoms with E-state index in [4.69, 9.17) is 0 Å². The van der Waals surface area contributed by atoms with Gasteiger partial charge in [0.1, 0.15) is 0 Å². The smallest absolute Gasteiger partial charge is 0.289 e. The average molecular weight is 443 g/mol. The van der Waals surface area contributed by atoms with Gasteiger partial charge in [-0.05, 0) is 74.2 Å². The Labute approximate surface area is 190 Å². The monoisotopic (exact) mass is 442 g/mol. The Kier molecular flexibility index (Phi) is 8.00. The standard InChI is InChI=1S/C27H33F3N2/c1-19(2)4-13-25(22-9-11-24(12-10-22)27(28,29)30)32-17-15-21(14-16-31)18-26(32)23-7-5-20(3)6-8-23/h5-12,19,21,25-26H,4,13-15,17-18H2,1-3H3/t21-,25-,26+/m1/s1. The molecule has 1 aliphatic heterocycles. The van der Waals surface area contributed by atoms with Crippen LogP contribution in [0, 0.1) is 30.1 Å². The molecule has 0 N–H and O–H groups in total. The van der Waals surface area contributed by atoms with Crippen molar-refractivity contribution in [1.82, 2.24) is 4.90 Å². The van der Waals surface area contributed by atoms with E-state index in [2.05, 4.69) is 56.0 Å². The molecule has 3 atom stereocenters. The van der Waals surface area contributed by atoms with E-state index in [1.807, 2.05) is 0 Å². The molecule has 3 rings (SSSR count). The molecular weight excluding hydrogens is 409 g/mol. The van der Waals surface area contributed by atoms with E-state index in [-0.39, 0.29) is 12.1 Å². The second kappa shape index (κ2) is 10.5. The van der Waals surface area contributed by atoms with Crippen LogP contribution >= 0.6 is 0 Å². The van der Waals surface area contributed by atoms with Gasteiger partial charge in [0, 0.05) is 18.5 Å². The van der Waals surface area contributed by atoms with Gasteiger partial charge in [0.05, 0.1) is 11.6 Å². The van der Waals surface area contributed by atoms with E-state index in [9.17, 15) is 18.4 Å². The molecule has 0 aromatic heterocycles. The predicted molar refractivity (Wildman–Crippen MR) is 122 cm³/mol. The van der Waals surface area contributed by atoms with Crippen molar-refractivity contribution in [3.8, 4) is 6.07 Å². The minimum absolute atomic E-state index is 0.0500. The van der Waals surface area contributed by atoms with E-state index in [1.54, 1.807) is 12.1 Å². The highest BCUT2D eigenvalue weighted by Gasteiger charge is 2.35. The van der Waals surface area contributed by atoms with Gasteiger partial charge in [0.2, 0.25) is 0 Å². The van der Waals surface area contributed by atoms with Crippen LogP contribution in [0.15, 0.2) is 48.5 Å². The Hall–Kier alpha value is -2.32. The zero-order chi connectivity index (χ0) is 23.3. The lowest BCUT2D eigenvalue weighted by Gasteiger charge is -2.44. The minimum Gasteiger partial charge on any atom is -0.289 e. The number of rotatable bonds is 7. The lowest BCUT2D eigenvalue weighted by Crippen LogP contribution is -2.39. The van der Waals surface area contributed by atoms with Gasteiger partial charge in [-0.25, -0.2) is 0 Å². The van der Waals surface area contributed by atoms with Crippen molar-refractivity contribution in [2.45, 2.75) is 71.1 Å². The van der Waals surface area contributed by atoms with E-state index in [0.717, 1.165) is 37.8 Å². The maximum atomic E-state index is 13.1. The summed E-state index contributed by atoms with van der Waals surface area (Å²) in [5.41, 5.74) is 2.75. The fourth-order valence-corrected chi connectivity index (χ4v) is 4.77. The molecule has 2 aromatic carbocycles. The van der Waals surface area contributed by atoms with Crippen LogP contribution in [0.4, 0.5) is 13.2 Å². The number of piperidine rings is 1. The molecule has 1 heterocycles. The van der Waals surface area contributed by atoms with Crippen molar-refractivity contribution in [1.29, 1.82) is 5.26 Å². The first-order valence-electron chi connectivity index (χ1n) is 11.6. The molecule has 172 valence electrons. The van der Waals surface area contributed by atoms with Crippen LogP contribution in [0.1, 0.15) is 80.3 Å². The summed E-state index contributed by atoms with van der Waals surface area (Å²) < 4.78 is 39.4. The predicted octanol–water partition coefficient (Wildman–Crippen LogP) is 7.86. The third-order valence-corrected chi connectivity index (χ3v) is 6.64. The number of benzene rings is 2. The van der Waals surface area contributed by atoms with Gasteiger partial charge in [0.15, 0.2) is 0 Å². The topological polar surface area (TPSA) is 27.0 Å². The molecule has 1 aliphatic rings. The molecule has 0 spiro atoms. The molecular formula is C27H33F3N2. The van der Waals surface area contributed by atoms with Gasteiger partial charge in [-0.2, -0.15) is 18.4 Å². The van der Waals surface area contributed by atoms with Crippen molar-refractivity contribution < 1.29 is 13.2 Å². The molecule has 0 bridgehead atoms. The number of nitriles is 1. The van der Waals surface area contributed by atoms with Crippen molar-refractivity contribution in [2.24, 2.45) is 11.8 Å². The van der Waals surface area contributed by atoms with Gasteiger partial charge < -0.3 is 0 Å². The van der Waals surface area contributed by atoms with Crippen molar-refractivity contribution in [2.75, 3.05) is 6.54 Å². The molecule has 2 nitrogen and oxygen atoms in total. The van der Waals surface area contributed by atoms with Crippen molar-refractivity contribution >= 4 is 0 Å². The molecule has 1 fully saturated rings. The average Bonchev–Trinajstić information content (AvgIpc) is 2.75. The number of alkyl halides is 3. The first-order valence-corrected chi connectivity index (χ1v) is 11.6. The molecule has 2 aromatic rings. The van der Waals surface area contributed by atoms with Crippen LogP contribution in [0.3, 0.4) is 0 Å². The lowest BCUT2D eigenvalue weighted by atomic mass is 9.82. The first-order chi connectivity index (χ1) is 15.2. The van der Waals surface area contributed by atoms with Gasteiger partial charge in [-0.1, -0.05) is 55.8 Å².